The largest absolute Gasteiger partial charge is 0.352 e. The molecule has 3 amide bonds. The normalized spacial score (nSPS) is 10.0. The number of carbonyl (C=O) groups is 3. The van der Waals surface area contributed by atoms with E-state index in [1.165, 1.54) is 11.3 Å². The van der Waals surface area contributed by atoms with Crippen LogP contribution in [-0.4, -0.2) is 24.3 Å². The van der Waals surface area contributed by atoms with Gasteiger partial charge in [-0.05, 0) is 30.0 Å². The summed E-state index contributed by atoms with van der Waals surface area (Å²) in [6, 6.07) is 8.27. The second-order valence-electron chi connectivity index (χ2n) is 4.85. The van der Waals surface area contributed by atoms with Crippen LogP contribution in [0.5, 0.6) is 0 Å². The first-order valence-corrected chi connectivity index (χ1v) is 8.54. The van der Waals surface area contributed by atoms with Gasteiger partial charge in [0.15, 0.2) is 0 Å². The number of hydrazine groups is 1. The van der Waals surface area contributed by atoms with E-state index in [9.17, 15) is 14.4 Å². The second kappa shape index (κ2) is 9.05. The van der Waals surface area contributed by atoms with E-state index in [-0.39, 0.29) is 23.8 Å². The minimum atomic E-state index is -0.486. The Labute approximate surface area is 148 Å². The van der Waals surface area contributed by atoms with Gasteiger partial charge in [0.25, 0.3) is 11.8 Å². The maximum atomic E-state index is 11.9. The van der Waals surface area contributed by atoms with Gasteiger partial charge in [0, 0.05) is 23.9 Å². The van der Waals surface area contributed by atoms with Crippen molar-refractivity contribution in [2.45, 2.75) is 12.8 Å². The van der Waals surface area contributed by atoms with E-state index < -0.39 is 5.91 Å². The summed E-state index contributed by atoms with van der Waals surface area (Å²) in [6.45, 7) is 0.376. The van der Waals surface area contributed by atoms with Crippen molar-refractivity contribution in [3.05, 3.63) is 57.2 Å². The van der Waals surface area contributed by atoms with Crippen molar-refractivity contribution in [2.75, 3.05) is 6.54 Å². The molecule has 8 heteroatoms. The Morgan fingerprint density at radius 3 is 2.54 bits per heavy atom. The standard InChI is InChI=1S/C16H16ClN3O3S/c17-13-5-2-1-4-12(13)16(23)20-19-14(21)6-3-8-18-15(22)11-7-9-24-10-11/h1-2,4-5,7,9-10H,3,6,8H2,(H,18,22)(H,19,21)(H,20,23). The molecule has 0 spiro atoms. The van der Waals surface area contributed by atoms with Crippen LogP contribution in [-0.2, 0) is 4.79 Å². The molecular weight excluding hydrogens is 350 g/mol. The summed E-state index contributed by atoms with van der Waals surface area (Å²) in [4.78, 5) is 35.2. The molecule has 3 N–H and O–H groups in total. The van der Waals surface area contributed by atoms with Crippen LogP contribution < -0.4 is 16.2 Å². The fourth-order valence-corrected chi connectivity index (χ4v) is 2.71. The SMILES string of the molecule is O=C(CCCNC(=O)c1ccsc1)NNC(=O)c1ccccc1Cl. The van der Waals surface area contributed by atoms with Crippen molar-refractivity contribution in [1.29, 1.82) is 0 Å². The van der Waals surface area contributed by atoms with Crippen LogP contribution in [0.25, 0.3) is 0 Å². The molecule has 0 atom stereocenters. The zero-order chi connectivity index (χ0) is 17.4. The van der Waals surface area contributed by atoms with Crippen molar-refractivity contribution in [2.24, 2.45) is 0 Å². The van der Waals surface area contributed by atoms with Crippen LogP contribution in [0, 0.1) is 0 Å². The van der Waals surface area contributed by atoms with Gasteiger partial charge in [-0.1, -0.05) is 23.7 Å². The lowest BCUT2D eigenvalue weighted by Crippen LogP contribution is -2.41. The predicted molar refractivity (Wildman–Crippen MR) is 92.9 cm³/mol. The zero-order valence-corrected chi connectivity index (χ0v) is 14.2. The average molecular weight is 366 g/mol. The van der Waals surface area contributed by atoms with Crippen molar-refractivity contribution in [1.82, 2.24) is 16.2 Å². The highest BCUT2D eigenvalue weighted by molar-refractivity contribution is 7.08. The predicted octanol–water partition coefficient (Wildman–Crippen LogP) is 2.37. The Bertz CT molecular complexity index is 719. The summed E-state index contributed by atoms with van der Waals surface area (Å²) in [5, 5.41) is 6.61. The molecule has 2 aromatic rings. The van der Waals surface area contributed by atoms with Gasteiger partial charge in [0.1, 0.15) is 0 Å². The number of hydrogen-bond donors (Lipinski definition) is 3. The Hall–Kier alpha value is -2.38. The van der Waals surface area contributed by atoms with Crippen LogP contribution in [0.3, 0.4) is 0 Å². The van der Waals surface area contributed by atoms with Gasteiger partial charge in [-0.3, -0.25) is 25.2 Å². The van der Waals surface area contributed by atoms with Crippen LogP contribution in [0.1, 0.15) is 33.6 Å². The molecule has 1 aromatic carbocycles. The Morgan fingerprint density at radius 2 is 1.83 bits per heavy atom. The fraction of sp³-hybridized carbons (Fsp3) is 0.188. The zero-order valence-electron chi connectivity index (χ0n) is 12.7. The molecule has 126 valence electrons. The maximum Gasteiger partial charge on any atom is 0.271 e. The number of carbonyl (C=O) groups excluding carboxylic acids is 3. The van der Waals surface area contributed by atoms with Gasteiger partial charge in [-0.2, -0.15) is 11.3 Å². The van der Waals surface area contributed by atoms with Crippen molar-refractivity contribution in [3.8, 4) is 0 Å². The van der Waals surface area contributed by atoms with Gasteiger partial charge in [0.05, 0.1) is 10.6 Å². The third kappa shape index (κ3) is 5.36. The minimum absolute atomic E-state index is 0.163. The van der Waals surface area contributed by atoms with Gasteiger partial charge < -0.3 is 5.32 Å². The monoisotopic (exact) mass is 365 g/mol. The maximum absolute atomic E-state index is 11.9. The molecule has 0 radical (unpaired) electrons. The number of nitrogens with one attached hydrogen (secondary N) is 3. The van der Waals surface area contributed by atoms with E-state index in [1.807, 2.05) is 5.38 Å². The van der Waals surface area contributed by atoms with Crippen molar-refractivity contribution >= 4 is 40.7 Å². The van der Waals surface area contributed by atoms with E-state index in [0.29, 0.717) is 23.6 Å². The molecule has 24 heavy (non-hydrogen) atoms. The van der Waals surface area contributed by atoms with Crippen LogP contribution >= 0.6 is 22.9 Å². The first-order chi connectivity index (χ1) is 11.6. The first kappa shape index (κ1) is 18.0. The van der Waals surface area contributed by atoms with E-state index >= 15 is 0 Å². The molecule has 6 nitrogen and oxygen atoms in total. The molecule has 0 aliphatic heterocycles. The molecule has 0 saturated carbocycles. The number of halogens is 1. The highest BCUT2D eigenvalue weighted by Crippen LogP contribution is 2.14. The van der Waals surface area contributed by atoms with E-state index in [0.717, 1.165) is 0 Å². The molecule has 1 aromatic heterocycles. The van der Waals surface area contributed by atoms with E-state index in [2.05, 4.69) is 16.2 Å². The Morgan fingerprint density at radius 1 is 1.04 bits per heavy atom. The summed E-state index contributed by atoms with van der Waals surface area (Å²) in [6.07, 6.45) is 0.635. The number of thiophene rings is 1. The number of rotatable bonds is 6. The van der Waals surface area contributed by atoms with Crippen molar-refractivity contribution < 1.29 is 14.4 Å². The summed E-state index contributed by atoms with van der Waals surface area (Å²) < 4.78 is 0. The number of amides is 3. The Balaban J connectivity index is 1.64. The molecule has 0 aliphatic rings. The average Bonchev–Trinajstić information content (AvgIpc) is 3.11. The lowest BCUT2D eigenvalue weighted by Gasteiger charge is -2.08. The molecule has 0 bridgehead atoms. The van der Waals surface area contributed by atoms with Gasteiger partial charge in [-0.25, -0.2) is 0 Å². The molecule has 0 unspecified atom stereocenters. The highest BCUT2D eigenvalue weighted by atomic mass is 35.5. The summed E-state index contributed by atoms with van der Waals surface area (Å²) in [5.41, 5.74) is 5.51. The van der Waals surface area contributed by atoms with Crippen molar-refractivity contribution in [3.63, 3.8) is 0 Å². The van der Waals surface area contributed by atoms with Crippen LogP contribution in [0.4, 0.5) is 0 Å². The van der Waals surface area contributed by atoms with E-state index in [4.69, 9.17) is 11.6 Å². The molecule has 0 aliphatic carbocycles. The third-order valence-electron chi connectivity index (χ3n) is 3.08. The Kier molecular flexibility index (Phi) is 6.77. The summed E-state index contributed by atoms with van der Waals surface area (Å²) in [5.74, 6) is -0.997. The summed E-state index contributed by atoms with van der Waals surface area (Å²) in [7, 11) is 0. The lowest BCUT2D eigenvalue weighted by molar-refractivity contribution is -0.121. The van der Waals surface area contributed by atoms with Gasteiger partial charge >= 0.3 is 0 Å². The van der Waals surface area contributed by atoms with E-state index in [1.54, 1.807) is 35.7 Å². The number of benzene rings is 1. The molecule has 1 heterocycles. The minimum Gasteiger partial charge on any atom is -0.352 e. The molecule has 0 fully saturated rings. The lowest BCUT2D eigenvalue weighted by atomic mass is 10.2. The fourth-order valence-electron chi connectivity index (χ4n) is 1.85. The molecule has 0 saturated heterocycles. The smallest absolute Gasteiger partial charge is 0.271 e. The van der Waals surface area contributed by atoms with Crippen LogP contribution in [0.2, 0.25) is 5.02 Å². The highest BCUT2D eigenvalue weighted by Gasteiger charge is 2.10. The topological polar surface area (TPSA) is 87.3 Å². The molecule has 2 rings (SSSR count). The first-order valence-electron chi connectivity index (χ1n) is 7.22. The summed E-state index contributed by atoms with van der Waals surface area (Å²) >= 11 is 7.34. The van der Waals surface area contributed by atoms with Crippen LogP contribution in [0.15, 0.2) is 41.1 Å². The van der Waals surface area contributed by atoms with Gasteiger partial charge in [0.2, 0.25) is 5.91 Å². The number of hydrogen-bond acceptors (Lipinski definition) is 4. The van der Waals surface area contributed by atoms with Gasteiger partial charge in [-0.15, -0.1) is 0 Å². The molecular formula is C16H16ClN3O3S. The second-order valence-corrected chi connectivity index (χ2v) is 6.04. The quantitative estimate of drug-likeness (QED) is 0.542. The third-order valence-corrected chi connectivity index (χ3v) is 4.10.